The van der Waals surface area contributed by atoms with Crippen LogP contribution in [0.1, 0.15) is 10.4 Å². The van der Waals surface area contributed by atoms with Gasteiger partial charge in [0.2, 0.25) is 0 Å². The summed E-state index contributed by atoms with van der Waals surface area (Å²) in [6.45, 7) is 0.727. The molecule has 0 unspecified atom stereocenters. The summed E-state index contributed by atoms with van der Waals surface area (Å²) in [4.78, 5) is 21.9. The van der Waals surface area contributed by atoms with Gasteiger partial charge in [-0.05, 0) is 12.1 Å². The van der Waals surface area contributed by atoms with E-state index in [1.165, 1.54) is 18.6 Å². The average molecular weight is 275 g/mol. The average Bonchev–Trinajstić information content (AvgIpc) is 2.98. The fourth-order valence-corrected chi connectivity index (χ4v) is 1.65. The maximum atomic E-state index is 11.6. The Morgan fingerprint density at radius 3 is 2.75 bits per heavy atom. The van der Waals surface area contributed by atoms with Crippen LogP contribution in [0.4, 0.5) is 11.4 Å². The first kappa shape index (κ1) is 13.6. The molecule has 2 aromatic rings. The van der Waals surface area contributed by atoms with Crippen molar-refractivity contribution in [2.24, 2.45) is 0 Å². The van der Waals surface area contributed by atoms with Crippen molar-refractivity contribution in [1.29, 1.82) is 0 Å². The summed E-state index contributed by atoms with van der Waals surface area (Å²) in [6.07, 6.45) is 2.77. The van der Waals surface area contributed by atoms with E-state index in [0.717, 1.165) is 0 Å². The lowest BCUT2D eigenvalue weighted by atomic mass is 10.2. The molecule has 7 heteroatoms. The Balaban J connectivity index is 1.82. The van der Waals surface area contributed by atoms with Crippen molar-refractivity contribution < 1.29 is 14.1 Å². The number of amides is 1. The molecule has 2 rings (SSSR count). The molecular formula is C13H13N3O4. The number of benzene rings is 1. The molecule has 7 nitrogen and oxygen atoms in total. The minimum absolute atomic E-state index is 0.00802. The van der Waals surface area contributed by atoms with Crippen LogP contribution in [0.5, 0.6) is 0 Å². The van der Waals surface area contributed by atoms with Crippen LogP contribution in [0.2, 0.25) is 0 Å². The van der Waals surface area contributed by atoms with Gasteiger partial charge in [-0.15, -0.1) is 0 Å². The van der Waals surface area contributed by atoms with Crippen molar-refractivity contribution in [3.8, 4) is 0 Å². The van der Waals surface area contributed by atoms with Crippen LogP contribution in [0.25, 0.3) is 0 Å². The quantitative estimate of drug-likeness (QED) is 0.477. The summed E-state index contributed by atoms with van der Waals surface area (Å²) in [5, 5.41) is 16.4. The first-order valence-electron chi connectivity index (χ1n) is 5.96. The molecule has 0 atom stereocenters. The predicted octanol–water partition coefficient (Wildman–Crippen LogP) is 2.03. The van der Waals surface area contributed by atoms with Crippen LogP contribution in [0.15, 0.2) is 47.3 Å². The number of nitro groups is 1. The van der Waals surface area contributed by atoms with E-state index < -0.39 is 4.92 Å². The number of hydrogen-bond acceptors (Lipinski definition) is 5. The van der Waals surface area contributed by atoms with Gasteiger partial charge in [0.1, 0.15) is 12.0 Å². The summed E-state index contributed by atoms with van der Waals surface area (Å²) < 4.78 is 4.80. The molecule has 104 valence electrons. The summed E-state index contributed by atoms with van der Waals surface area (Å²) in [5.41, 5.74) is 0.874. The predicted molar refractivity (Wildman–Crippen MR) is 72.6 cm³/mol. The molecule has 0 aliphatic rings. The second-order valence-electron chi connectivity index (χ2n) is 3.97. The zero-order valence-corrected chi connectivity index (χ0v) is 10.5. The highest BCUT2D eigenvalue weighted by molar-refractivity contribution is 5.93. The Bertz CT molecular complexity index is 595. The number of hydrogen-bond donors (Lipinski definition) is 2. The maximum absolute atomic E-state index is 11.6. The first-order valence-corrected chi connectivity index (χ1v) is 5.96. The summed E-state index contributed by atoms with van der Waals surface area (Å²) >= 11 is 0. The van der Waals surface area contributed by atoms with Gasteiger partial charge in [-0.3, -0.25) is 14.9 Å². The monoisotopic (exact) mass is 275 g/mol. The molecule has 0 aliphatic carbocycles. The Morgan fingerprint density at radius 1 is 1.25 bits per heavy atom. The van der Waals surface area contributed by atoms with Gasteiger partial charge >= 0.3 is 0 Å². The van der Waals surface area contributed by atoms with Crippen LogP contribution in [-0.4, -0.2) is 23.9 Å². The van der Waals surface area contributed by atoms with Crippen LogP contribution in [0, 0.1) is 10.1 Å². The fourth-order valence-electron chi connectivity index (χ4n) is 1.65. The Labute approximate surface area is 114 Å². The van der Waals surface area contributed by atoms with Crippen molar-refractivity contribution in [3.05, 3.63) is 58.5 Å². The van der Waals surface area contributed by atoms with Crippen LogP contribution >= 0.6 is 0 Å². The number of anilines is 1. The van der Waals surface area contributed by atoms with Crippen LogP contribution < -0.4 is 10.6 Å². The van der Waals surface area contributed by atoms with E-state index in [2.05, 4.69) is 10.6 Å². The lowest BCUT2D eigenvalue weighted by Crippen LogP contribution is -2.28. The maximum Gasteiger partial charge on any atom is 0.292 e. The van der Waals surface area contributed by atoms with Crippen molar-refractivity contribution in [2.75, 3.05) is 18.4 Å². The van der Waals surface area contributed by atoms with Crippen molar-refractivity contribution >= 4 is 17.3 Å². The molecule has 0 radical (unpaired) electrons. The van der Waals surface area contributed by atoms with Gasteiger partial charge in [0.15, 0.2) is 0 Å². The zero-order chi connectivity index (χ0) is 14.4. The number of para-hydroxylation sites is 2. The Kier molecular flexibility index (Phi) is 4.33. The van der Waals surface area contributed by atoms with Crippen molar-refractivity contribution in [1.82, 2.24) is 5.32 Å². The molecule has 1 aromatic carbocycles. The van der Waals surface area contributed by atoms with E-state index in [0.29, 0.717) is 24.3 Å². The number of nitrogens with one attached hydrogen (secondary N) is 2. The van der Waals surface area contributed by atoms with Gasteiger partial charge in [0.05, 0.1) is 16.7 Å². The normalized spacial score (nSPS) is 10.0. The first-order chi connectivity index (χ1) is 9.68. The Morgan fingerprint density at radius 2 is 2.05 bits per heavy atom. The highest BCUT2D eigenvalue weighted by Gasteiger charge is 2.11. The SMILES string of the molecule is O=C(NCCNc1ccccc1[N+](=O)[O-])c1ccoc1. The summed E-state index contributed by atoms with van der Waals surface area (Å²) in [7, 11) is 0. The number of nitro benzene ring substituents is 1. The van der Waals surface area contributed by atoms with E-state index in [1.54, 1.807) is 24.3 Å². The van der Waals surface area contributed by atoms with Gasteiger partial charge in [-0.25, -0.2) is 0 Å². The molecule has 20 heavy (non-hydrogen) atoms. The van der Waals surface area contributed by atoms with Gasteiger partial charge in [0, 0.05) is 19.2 Å². The van der Waals surface area contributed by atoms with E-state index in [4.69, 9.17) is 4.42 Å². The molecule has 1 amide bonds. The molecule has 0 aliphatic heterocycles. The van der Waals surface area contributed by atoms with E-state index >= 15 is 0 Å². The number of carbonyl (C=O) groups is 1. The molecular weight excluding hydrogens is 262 g/mol. The van der Waals surface area contributed by atoms with Gasteiger partial charge < -0.3 is 15.1 Å². The van der Waals surface area contributed by atoms with Gasteiger partial charge in [-0.2, -0.15) is 0 Å². The highest BCUT2D eigenvalue weighted by atomic mass is 16.6. The van der Waals surface area contributed by atoms with E-state index in [-0.39, 0.29) is 11.6 Å². The lowest BCUT2D eigenvalue weighted by molar-refractivity contribution is -0.384. The van der Waals surface area contributed by atoms with E-state index in [1.807, 2.05) is 0 Å². The molecule has 0 saturated carbocycles. The van der Waals surface area contributed by atoms with Crippen LogP contribution in [-0.2, 0) is 0 Å². The van der Waals surface area contributed by atoms with Crippen molar-refractivity contribution in [3.63, 3.8) is 0 Å². The number of furan rings is 1. The zero-order valence-electron chi connectivity index (χ0n) is 10.5. The summed E-state index contributed by atoms with van der Waals surface area (Å²) in [6, 6.07) is 7.91. The molecule has 0 fully saturated rings. The minimum Gasteiger partial charge on any atom is -0.472 e. The van der Waals surface area contributed by atoms with Gasteiger partial charge in [-0.1, -0.05) is 12.1 Å². The summed E-state index contributed by atoms with van der Waals surface area (Å²) in [5.74, 6) is -0.247. The van der Waals surface area contributed by atoms with Gasteiger partial charge in [0.25, 0.3) is 11.6 Å². The standard InChI is InChI=1S/C13H13N3O4/c17-13(10-5-8-20-9-10)15-7-6-14-11-3-1-2-4-12(11)16(18)19/h1-5,8-9,14H,6-7H2,(H,15,17). The molecule has 0 saturated heterocycles. The lowest BCUT2D eigenvalue weighted by Gasteiger charge is -2.07. The number of carbonyl (C=O) groups excluding carboxylic acids is 1. The Hall–Kier alpha value is -2.83. The number of nitrogens with zero attached hydrogens (tertiary/aromatic N) is 1. The molecule has 1 aromatic heterocycles. The molecule has 0 spiro atoms. The third-order valence-corrected chi connectivity index (χ3v) is 2.61. The third-order valence-electron chi connectivity index (χ3n) is 2.61. The second kappa shape index (κ2) is 6.37. The second-order valence-corrected chi connectivity index (χ2v) is 3.97. The smallest absolute Gasteiger partial charge is 0.292 e. The van der Waals surface area contributed by atoms with Crippen LogP contribution in [0.3, 0.4) is 0 Å². The minimum atomic E-state index is -0.452. The fraction of sp³-hybridized carbons (Fsp3) is 0.154. The van der Waals surface area contributed by atoms with E-state index in [9.17, 15) is 14.9 Å². The number of rotatable bonds is 6. The third kappa shape index (κ3) is 3.35. The van der Waals surface area contributed by atoms with Crippen molar-refractivity contribution in [2.45, 2.75) is 0 Å². The molecule has 0 bridgehead atoms. The topological polar surface area (TPSA) is 97.4 Å². The molecule has 1 heterocycles. The largest absolute Gasteiger partial charge is 0.472 e. The highest BCUT2D eigenvalue weighted by Crippen LogP contribution is 2.22. The molecule has 2 N–H and O–H groups in total.